The molecule has 7 nitrogen and oxygen atoms in total. The highest BCUT2D eigenvalue weighted by Gasteiger charge is 2.19. The van der Waals surface area contributed by atoms with Crippen LogP contribution in [0.4, 0.5) is 5.69 Å². The first-order valence-electron chi connectivity index (χ1n) is 9.04. The van der Waals surface area contributed by atoms with Crippen molar-refractivity contribution in [3.8, 4) is 11.5 Å². The van der Waals surface area contributed by atoms with Gasteiger partial charge in [0.25, 0.3) is 0 Å². The minimum atomic E-state index is -0.295. The van der Waals surface area contributed by atoms with E-state index in [4.69, 9.17) is 16.3 Å². The Balaban J connectivity index is 1.64. The number of anilines is 1. The lowest BCUT2D eigenvalue weighted by Gasteiger charge is -2.15. The summed E-state index contributed by atoms with van der Waals surface area (Å²) in [4.78, 5) is 12.3. The largest absolute Gasteiger partial charge is 0.506 e. The Morgan fingerprint density at radius 2 is 2.03 bits per heavy atom. The fraction of sp³-hybridized carbons (Fsp3) is 0.250. The molecule has 0 spiro atoms. The summed E-state index contributed by atoms with van der Waals surface area (Å²) in [6, 6.07) is 14.0. The normalized spacial score (nSPS) is 11.8. The van der Waals surface area contributed by atoms with Crippen molar-refractivity contribution in [1.82, 2.24) is 14.8 Å². The van der Waals surface area contributed by atoms with Crippen LogP contribution in [-0.4, -0.2) is 31.5 Å². The molecule has 0 aliphatic carbocycles. The maximum Gasteiger partial charge on any atom is 0.234 e. The van der Waals surface area contributed by atoms with E-state index < -0.39 is 0 Å². The number of phenolic OH excluding ortho intramolecular Hbond substituents is 1. The summed E-state index contributed by atoms with van der Waals surface area (Å²) in [5.41, 5.74) is 0.269. The Morgan fingerprint density at radius 1 is 1.28 bits per heavy atom. The lowest BCUT2D eigenvalue weighted by atomic mass is 10.3. The van der Waals surface area contributed by atoms with Crippen molar-refractivity contribution in [3.05, 3.63) is 59.4 Å². The number of carbonyl (C=O) groups excluding carboxylic acids is 1. The van der Waals surface area contributed by atoms with Gasteiger partial charge < -0.3 is 19.7 Å². The minimum absolute atomic E-state index is 0.0429. The van der Waals surface area contributed by atoms with Gasteiger partial charge in [-0.3, -0.25) is 4.79 Å². The molecule has 1 aromatic heterocycles. The van der Waals surface area contributed by atoms with Gasteiger partial charge in [0.1, 0.15) is 11.5 Å². The van der Waals surface area contributed by atoms with Gasteiger partial charge in [0.2, 0.25) is 5.91 Å². The van der Waals surface area contributed by atoms with Crippen molar-refractivity contribution >= 4 is 35.0 Å². The standard InChI is InChI=1S/C20H21ClN4O3S/c1-3-25-19(13(2)28-15-7-5-4-6-8-15)23-24-20(25)29-12-18(27)22-16-11-14(21)9-10-17(16)26/h4-11,13,26H,3,12H2,1-2H3,(H,22,27). The second-order valence-corrected chi connectivity index (χ2v) is 7.54. The number of aromatic hydroxyl groups is 1. The van der Waals surface area contributed by atoms with E-state index in [0.717, 1.165) is 5.75 Å². The number of para-hydroxylation sites is 1. The average Bonchev–Trinajstić information content (AvgIpc) is 3.13. The molecule has 2 aromatic carbocycles. The number of nitrogens with one attached hydrogen (secondary N) is 1. The molecule has 2 N–H and O–H groups in total. The zero-order chi connectivity index (χ0) is 20.8. The van der Waals surface area contributed by atoms with Crippen LogP contribution in [-0.2, 0) is 11.3 Å². The van der Waals surface area contributed by atoms with E-state index in [1.165, 1.54) is 23.9 Å². The molecule has 1 unspecified atom stereocenters. The van der Waals surface area contributed by atoms with Crippen LogP contribution >= 0.6 is 23.4 Å². The minimum Gasteiger partial charge on any atom is -0.506 e. The van der Waals surface area contributed by atoms with Gasteiger partial charge in [0.15, 0.2) is 17.1 Å². The summed E-state index contributed by atoms with van der Waals surface area (Å²) in [6.45, 7) is 4.53. The molecule has 0 bridgehead atoms. The second kappa shape index (κ2) is 9.67. The number of rotatable bonds is 8. The topological polar surface area (TPSA) is 89.3 Å². The number of hydrogen-bond acceptors (Lipinski definition) is 6. The van der Waals surface area contributed by atoms with Gasteiger partial charge in [-0.25, -0.2) is 0 Å². The number of hydrogen-bond donors (Lipinski definition) is 2. The fourth-order valence-electron chi connectivity index (χ4n) is 2.69. The zero-order valence-electron chi connectivity index (χ0n) is 16.0. The Labute approximate surface area is 178 Å². The summed E-state index contributed by atoms with van der Waals surface area (Å²) in [7, 11) is 0. The van der Waals surface area contributed by atoms with Gasteiger partial charge in [0.05, 0.1) is 11.4 Å². The molecule has 0 saturated carbocycles. The molecule has 29 heavy (non-hydrogen) atoms. The fourth-order valence-corrected chi connectivity index (χ4v) is 3.67. The number of halogens is 1. The van der Waals surface area contributed by atoms with Gasteiger partial charge in [-0.05, 0) is 44.2 Å². The summed E-state index contributed by atoms with van der Waals surface area (Å²) in [6.07, 6.45) is -0.295. The Hall–Kier alpha value is -2.71. The van der Waals surface area contributed by atoms with Crippen molar-refractivity contribution in [2.45, 2.75) is 31.7 Å². The van der Waals surface area contributed by atoms with Gasteiger partial charge in [-0.1, -0.05) is 41.6 Å². The predicted molar refractivity (Wildman–Crippen MR) is 114 cm³/mol. The van der Waals surface area contributed by atoms with E-state index in [0.29, 0.717) is 22.5 Å². The number of aromatic nitrogens is 3. The molecular weight excluding hydrogens is 412 g/mol. The van der Waals surface area contributed by atoms with Crippen molar-refractivity contribution < 1.29 is 14.6 Å². The van der Waals surface area contributed by atoms with Gasteiger partial charge in [-0.2, -0.15) is 0 Å². The van der Waals surface area contributed by atoms with Crippen molar-refractivity contribution in [3.63, 3.8) is 0 Å². The maximum atomic E-state index is 12.3. The molecular formula is C20H21ClN4O3S. The van der Waals surface area contributed by atoms with Crippen LogP contribution in [0.3, 0.4) is 0 Å². The van der Waals surface area contributed by atoms with E-state index >= 15 is 0 Å². The SMILES string of the molecule is CCn1c(SCC(=O)Nc2cc(Cl)ccc2O)nnc1C(C)Oc1ccccc1. The lowest BCUT2D eigenvalue weighted by Crippen LogP contribution is -2.15. The van der Waals surface area contributed by atoms with Crippen LogP contribution in [0.1, 0.15) is 25.8 Å². The van der Waals surface area contributed by atoms with Crippen LogP contribution in [0.2, 0.25) is 5.02 Å². The van der Waals surface area contributed by atoms with Crippen LogP contribution < -0.4 is 10.1 Å². The van der Waals surface area contributed by atoms with Crippen LogP contribution in [0, 0.1) is 0 Å². The molecule has 1 atom stereocenters. The first-order valence-corrected chi connectivity index (χ1v) is 10.4. The monoisotopic (exact) mass is 432 g/mol. The molecule has 152 valence electrons. The molecule has 0 fully saturated rings. The van der Waals surface area contributed by atoms with Crippen molar-refractivity contribution in [2.75, 3.05) is 11.1 Å². The first-order chi connectivity index (χ1) is 14.0. The molecule has 0 aliphatic rings. The number of thioether (sulfide) groups is 1. The Morgan fingerprint density at radius 3 is 2.76 bits per heavy atom. The number of phenols is 1. The van der Waals surface area contributed by atoms with E-state index in [2.05, 4.69) is 15.5 Å². The average molecular weight is 433 g/mol. The van der Waals surface area contributed by atoms with E-state index in [-0.39, 0.29) is 29.2 Å². The number of benzene rings is 2. The molecule has 3 rings (SSSR count). The summed E-state index contributed by atoms with van der Waals surface area (Å²) < 4.78 is 7.85. The Kier molecular flexibility index (Phi) is 7.00. The number of ether oxygens (including phenoxy) is 1. The van der Waals surface area contributed by atoms with Crippen molar-refractivity contribution in [2.24, 2.45) is 0 Å². The van der Waals surface area contributed by atoms with Gasteiger partial charge in [0, 0.05) is 11.6 Å². The molecule has 0 aliphatic heterocycles. The smallest absolute Gasteiger partial charge is 0.234 e. The lowest BCUT2D eigenvalue weighted by molar-refractivity contribution is -0.113. The Bertz CT molecular complexity index is 981. The van der Waals surface area contributed by atoms with Crippen LogP contribution in [0.5, 0.6) is 11.5 Å². The first kappa shape index (κ1) is 21.0. The van der Waals surface area contributed by atoms with Gasteiger partial charge >= 0.3 is 0 Å². The molecule has 1 heterocycles. The predicted octanol–water partition coefficient (Wildman–Crippen LogP) is 4.53. The second-order valence-electron chi connectivity index (χ2n) is 6.16. The summed E-state index contributed by atoms with van der Waals surface area (Å²) >= 11 is 7.16. The molecule has 0 saturated heterocycles. The van der Waals surface area contributed by atoms with Crippen LogP contribution in [0.25, 0.3) is 0 Å². The molecule has 3 aromatic rings. The van der Waals surface area contributed by atoms with Crippen LogP contribution in [0.15, 0.2) is 53.7 Å². The zero-order valence-corrected chi connectivity index (χ0v) is 17.6. The molecule has 0 radical (unpaired) electrons. The highest BCUT2D eigenvalue weighted by atomic mass is 35.5. The van der Waals surface area contributed by atoms with Crippen molar-refractivity contribution in [1.29, 1.82) is 0 Å². The highest BCUT2D eigenvalue weighted by molar-refractivity contribution is 7.99. The quantitative estimate of drug-likeness (QED) is 0.401. The molecule has 9 heteroatoms. The summed E-state index contributed by atoms with van der Waals surface area (Å²) in [5, 5.41) is 22.0. The number of nitrogens with zero attached hydrogens (tertiary/aromatic N) is 3. The molecule has 1 amide bonds. The summed E-state index contributed by atoms with van der Waals surface area (Å²) in [5.74, 6) is 1.22. The third kappa shape index (κ3) is 5.42. The van der Waals surface area contributed by atoms with E-state index in [9.17, 15) is 9.90 Å². The van der Waals surface area contributed by atoms with E-state index in [1.807, 2.05) is 48.7 Å². The number of amides is 1. The van der Waals surface area contributed by atoms with Gasteiger partial charge in [-0.15, -0.1) is 10.2 Å². The highest BCUT2D eigenvalue weighted by Crippen LogP contribution is 2.28. The third-order valence-electron chi connectivity index (χ3n) is 4.05. The van der Waals surface area contributed by atoms with E-state index in [1.54, 1.807) is 6.07 Å². The maximum absolute atomic E-state index is 12.3. The third-order valence-corrected chi connectivity index (χ3v) is 5.25. The number of carbonyl (C=O) groups is 1.